The molecule has 0 saturated carbocycles. The number of nitrogens with zero attached hydrogens (tertiary/aromatic N) is 4. The first-order valence-electron chi connectivity index (χ1n) is 7.21. The Hall–Kier alpha value is -2.32. The highest BCUT2D eigenvalue weighted by Gasteiger charge is 2.15. The summed E-state index contributed by atoms with van der Waals surface area (Å²) in [6.45, 7) is 4.58. The molecule has 1 aliphatic heterocycles. The number of aromatic nitrogens is 2. The van der Waals surface area contributed by atoms with Crippen LogP contribution in [-0.2, 0) is 13.1 Å². The highest BCUT2D eigenvalue weighted by Crippen LogP contribution is 2.17. The van der Waals surface area contributed by atoms with Gasteiger partial charge in [0, 0.05) is 32.0 Å². The van der Waals surface area contributed by atoms with E-state index in [9.17, 15) is 0 Å². The lowest BCUT2D eigenvalue weighted by Crippen LogP contribution is -2.34. The molecular formula is C16H18N4O. The van der Waals surface area contributed by atoms with Gasteiger partial charge in [0.2, 0.25) is 0 Å². The van der Waals surface area contributed by atoms with E-state index in [1.807, 2.05) is 30.6 Å². The molecule has 0 radical (unpaired) electrons. The zero-order chi connectivity index (χ0) is 14.5. The topological polar surface area (TPSA) is 54.1 Å². The first-order chi connectivity index (χ1) is 10.4. The Kier molecular flexibility index (Phi) is 4.17. The van der Waals surface area contributed by atoms with Crippen molar-refractivity contribution in [1.29, 1.82) is 5.26 Å². The van der Waals surface area contributed by atoms with Gasteiger partial charge in [0.1, 0.15) is 17.6 Å². The molecular weight excluding hydrogens is 264 g/mol. The van der Waals surface area contributed by atoms with E-state index in [2.05, 4.69) is 20.5 Å². The average molecular weight is 282 g/mol. The maximum Gasteiger partial charge on any atom is 0.137 e. The lowest BCUT2D eigenvalue weighted by molar-refractivity contribution is 0.195. The summed E-state index contributed by atoms with van der Waals surface area (Å²) in [4.78, 5) is 6.75. The maximum absolute atomic E-state index is 9.00. The molecule has 0 saturated heterocycles. The molecule has 0 unspecified atom stereocenters. The van der Waals surface area contributed by atoms with Crippen LogP contribution in [0.2, 0.25) is 0 Å². The fraction of sp³-hybridized carbons (Fsp3) is 0.375. The predicted molar refractivity (Wildman–Crippen MR) is 78.8 cm³/mol. The Morgan fingerprint density at radius 3 is 3.10 bits per heavy atom. The van der Waals surface area contributed by atoms with Gasteiger partial charge in [0.05, 0.1) is 18.7 Å². The largest absolute Gasteiger partial charge is 0.492 e. The highest BCUT2D eigenvalue weighted by molar-refractivity contribution is 5.42. The molecule has 0 spiro atoms. The molecule has 21 heavy (non-hydrogen) atoms. The van der Waals surface area contributed by atoms with E-state index in [0.717, 1.165) is 38.4 Å². The van der Waals surface area contributed by atoms with Gasteiger partial charge in [0.15, 0.2) is 0 Å². The third-order valence-electron chi connectivity index (χ3n) is 3.71. The molecule has 0 atom stereocenters. The first kappa shape index (κ1) is 13.7. The van der Waals surface area contributed by atoms with Gasteiger partial charge in [0.25, 0.3) is 0 Å². The van der Waals surface area contributed by atoms with E-state index < -0.39 is 0 Å². The molecule has 0 N–H and O–H groups in total. The lowest BCUT2D eigenvalue weighted by atomic mass is 10.2. The maximum atomic E-state index is 9.00. The van der Waals surface area contributed by atoms with Crippen LogP contribution in [0, 0.1) is 11.3 Å². The van der Waals surface area contributed by atoms with Crippen LogP contribution in [0.3, 0.4) is 0 Å². The van der Waals surface area contributed by atoms with Crippen LogP contribution in [0.5, 0.6) is 5.75 Å². The smallest absolute Gasteiger partial charge is 0.137 e. The van der Waals surface area contributed by atoms with Crippen molar-refractivity contribution < 1.29 is 4.74 Å². The van der Waals surface area contributed by atoms with Crippen LogP contribution in [0.25, 0.3) is 0 Å². The van der Waals surface area contributed by atoms with Crippen molar-refractivity contribution in [1.82, 2.24) is 14.5 Å². The van der Waals surface area contributed by atoms with Crippen LogP contribution in [0.15, 0.2) is 36.7 Å². The summed E-state index contributed by atoms with van der Waals surface area (Å²) in [5, 5.41) is 9.00. The summed E-state index contributed by atoms with van der Waals surface area (Å²) in [6, 6.07) is 9.51. The quantitative estimate of drug-likeness (QED) is 0.788. The van der Waals surface area contributed by atoms with Gasteiger partial charge in [-0.1, -0.05) is 12.1 Å². The second-order valence-corrected chi connectivity index (χ2v) is 5.12. The van der Waals surface area contributed by atoms with Crippen LogP contribution in [-0.4, -0.2) is 34.1 Å². The fourth-order valence-corrected chi connectivity index (χ4v) is 2.57. The van der Waals surface area contributed by atoms with E-state index >= 15 is 0 Å². The number of benzene rings is 1. The molecule has 5 nitrogen and oxygen atoms in total. The SMILES string of the molecule is N#Cc1ccccc1OCCCN1CCn2ccnc2C1. The Labute approximate surface area is 124 Å². The van der Waals surface area contributed by atoms with Gasteiger partial charge in [-0.15, -0.1) is 0 Å². The van der Waals surface area contributed by atoms with E-state index in [0.29, 0.717) is 17.9 Å². The third kappa shape index (κ3) is 3.23. The first-order valence-corrected chi connectivity index (χ1v) is 7.21. The summed E-state index contributed by atoms with van der Waals surface area (Å²) in [6.07, 6.45) is 4.84. The number of fused-ring (bicyclic) bond motifs is 1. The van der Waals surface area contributed by atoms with Gasteiger partial charge in [-0.2, -0.15) is 5.26 Å². The third-order valence-corrected chi connectivity index (χ3v) is 3.71. The molecule has 1 aromatic carbocycles. The number of hydrogen-bond acceptors (Lipinski definition) is 4. The molecule has 0 fully saturated rings. The zero-order valence-corrected chi connectivity index (χ0v) is 11.9. The Bertz CT molecular complexity index is 644. The molecule has 2 aromatic rings. The minimum absolute atomic E-state index is 0.595. The summed E-state index contributed by atoms with van der Waals surface area (Å²) in [5.74, 6) is 1.81. The van der Waals surface area contributed by atoms with E-state index in [-0.39, 0.29) is 0 Å². The van der Waals surface area contributed by atoms with Gasteiger partial charge in [-0.05, 0) is 18.6 Å². The summed E-state index contributed by atoms with van der Waals surface area (Å²) in [5.41, 5.74) is 0.595. The number of hydrogen-bond donors (Lipinski definition) is 0. The number of nitriles is 1. The normalized spacial score (nSPS) is 14.4. The summed E-state index contributed by atoms with van der Waals surface area (Å²) < 4.78 is 7.91. The standard InChI is InChI=1S/C16H18N4O/c17-12-14-4-1-2-5-15(14)21-11-3-7-19-9-10-20-8-6-18-16(20)13-19/h1-2,4-6,8H,3,7,9-11,13H2. The van der Waals surface area contributed by atoms with Crippen molar-refractivity contribution in [2.24, 2.45) is 0 Å². The van der Waals surface area contributed by atoms with Crippen molar-refractivity contribution in [2.75, 3.05) is 19.7 Å². The van der Waals surface area contributed by atoms with Crippen LogP contribution in [0.1, 0.15) is 17.8 Å². The van der Waals surface area contributed by atoms with Crippen molar-refractivity contribution in [3.8, 4) is 11.8 Å². The summed E-state index contributed by atoms with van der Waals surface area (Å²) in [7, 11) is 0. The predicted octanol–water partition coefficient (Wildman–Crippen LogP) is 2.04. The van der Waals surface area contributed by atoms with Crippen molar-refractivity contribution >= 4 is 0 Å². The molecule has 0 aliphatic carbocycles. The lowest BCUT2D eigenvalue weighted by Gasteiger charge is -2.27. The number of rotatable bonds is 5. The van der Waals surface area contributed by atoms with Crippen LogP contribution >= 0.6 is 0 Å². The molecule has 0 amide bonds. The molecule has 3 rings (SSSR count). The Morgan fingerprint density at radius 2 is 2.19 bits per heavy atom. The number of para-hydroxylation sites is 1. The van der Waals surface area contributed by atoms with Gasteiger partial charge >= 0.3 is 0 Å². The molecule has 1 aliphatic rings. The van der Waals surface area contributed by atoms with E-state index in [1.165, 1.54) is 0 Å². The van der Waals surface area contributed by atoms with Crippen molar-refractivity contribution in [3.05, 3.63) is 48.0 Å². The van der Waals surface area contributed by atoms with Crippen LogP contribution in [0.4, 0.5) is 0 Å². The van der Waals surface area contributed by atoms with E-state index in [1.54, 1.807) is 6.07 Å². The average Bonchev–Trinajstić information content (AvgIpc) is 2.99. The second-order valence-electron chi connectivity index (χ2n) is 5.12. The molecule has 1 aromatic heterocycles. The summed E-state index contributed by atoms with van der Waals surface area (Å²) >= 11 is 0. The molecule has 0 bridgehead atoms. The second kappa shape index (κ2) is 6.42. The monoisotopic (exact) mass is 282 g/mol. The molecule has 108 valence electrons. The number of imidazole rings is 1. The highest BCUT2D eigenvalue weighted by atomic mass is 16.5. The minimum Gasteiger partial charge on any atom is -0.492 e. The Balaban J connectivity index is 1.44. The zero-order valence-electron chi connectivity index (χ0n) is 11.9. The van der Waals surface area contributed by atoms with Crippen molar-refractivity contribution in [3.63, 3.8) is 0 Å². The fourth-order valence-electron chi connectivity index (χ4n) is 2.57. The molecule has 5 heteroatoms. The van der Waals surface area contributed by atoms with Gasteiger partial charge < -0.3 is 9.30 Å². The Morgan fingerprint density at radius 1 is 1.29 bits per heavy atom. The number of ether oxygens (including phenoxy) is 1. The van der Waals surface area contributed by atoms with Gasteiger partial charge in [-0.3, -0.25) is 4.90 Å². The molecule has 2 heterocycles. The van der Waals surface area contributed by atoms with Gasteiger partial charge in [-0.25, -0.2) is 4.98 Å². The minimum atomic E-state index is 0.595. The van der Waals surface area contributed by atoms with Crippen molar-refractivity contribution in [2.45, 2.75) is 19.5 Å². The van der Waals surface area contributed by atoms with E-state index in [4.69, 9.17) is 10.00 Å². The van der Waals surface area contributed by atoms with Crippen LogP contribution < -0.4 is 4.74 Å².